The van der Waals surface area contributed by atoms with Gasteiger partial charge in [-0.3, -0.25) is 4.79 Å². The summed E-state index contributed by atoms with van der Waals surface area (Å²) in [6.07, 6.45) is 1.73. The van der Waals surface area contributed by atoms with E-state index in [9.17, 15) is 13.2 Å². The number of thiazole rings is 1. The van der Waals surface area contributed by atoms with E-state index in [1.54, 1.807) is 30.3 Å². The predicted molar refractivity (Wildman–Crippen MR) is 120 cm³/mol. The molecule has 4 aromatic rings. The van der Waals surface area contributed by atoms with Crippen LogP contribution in [0.2, 0.25) is 0 Å². The average Bonchev–Trinajstić information content (AvgIpc) is 3.54. The molecule has 2 aromatic heterocycles. The van der Waals surface area contributed by atoms with E-state index in [4.69, 9.17) is 4.42 Å². The number of amides is 1. The maximum atomic E-state index is 12.8. The zero-order chi connectivity index (χ0) is 21.4. The predicted octanol–water partition coefficient (Wildman–Crippen LogP) is 4.59. The van der Waals surface area contributed by atoms with Crippen LogP contribution in [0.4, 0.5) is 5.69 Å². The highest BCUT2D eigenvalue weighted by Crippen LogP contribution is 2.31. The zero-order valence-corrected chi connectivity index (χ0v) is 18.1. The van der Waals surface area contributed by atoms with Gasteiger partial charge in [0.1, 0.15) is 0 Å². The molecule has 0 bridgehead atoms. The maximum Gasteiger partial charge on any atom is 0.291 e. The number of nitrogens with one attached hydrogen (secondary N) is 1. The first-order valence-electron chi connectivity index (χ1n) is 9.88. The molecule has 0 radical (unpaired) electrons. The fraction of sp³-hybridized carbons (Fsp3) is 0.182. The highest BCUT2D eigenvalue weighted by atomic mass is 32.2. The van der Waals surface area contributed by atoms with Crippen molar-refractivity contribution in [3.63, 3.8) is 0 Å². The standard InChI is InChI=1S/C22H19N3O4S2/c26-21(18-10-11-19(29-18)22-24-17-8-1-2-9-20(17)30-22)23-15-6-5-7-16(14-15)31(27,28)25-12-3-4-13-25/h1-2,5-11,14H,3-4,12-13H2,(H,23,26). The summed E-state index contributed by atoms with van der Waals surface area (Å²) in [7, 11) is -3.55. The van der Waals surface area contributed by atoms with Gasteiger partial charge in [-0.25, -0.2) is 13.4 Å². The van der Waals surface area contributed by atoms with E-state index in [1.807, 2.05) is 24.3 Å². The average molecular weight is 454 g/mol. The van der Waals surface area contributed by atoms with Crippen LogP contribution in [-0.2, 0) is 10.0 Å². The molecule has 1 N–H and O–H groups in total. The molecule has 3 heterocycles. The molecule has 1 fully saturated rings. The molecule has 5 rings (SSSR count). The third-order valence-corrected chi connectivity index (χ3v) is 8.07. The molecule has 1 aliphatic heterocycles. The van der Waals surface area contributed by atoms with Crippen molar-refractivity contribution in [2.45, 2.75) is 17.7 Å². The van der Waals surface area contributed by atoms with Crippen LogP contribution in [-0.4, -0.2) is 36.7 Å². The van der Waals surface area contributed by atoms with Crippen molar-refractivity contribution in [2.75, 3.05) is 18.4 Å². The zero-order valence-electron chi connectivity index (χ0n) is 16.4. The van der Waals surface area contributed by atoms with Gasteiger partial charge in [0.05, 0.1) is 15.1 Å². The minimum absolute atomic E-state index is 0.127. The van der Waals surface area contributed by atoms with Crippen LogP contribution < -0.4 is 5.32 Å². The molecule has 7 nitrogen and oxygen atoms in total. The lowest BCUT2D eigenvalue weighted by Gasteiger charge is -2.16. The Morgan fingerprint density at radius 1 is 1.03 bits per heavy atom. The fourth-order valence-corrected chi connectivity index (χ4v) is 6.05. The number of sulfonamides is 1. The van der Waals surface area contributed by atoms with Gasteiger partial charge >= 0.3 is 0 Å². The van der Waals surface area contributed by atoms with E-state index in [0.29, 0.717) is 29.5 Å². The smallest absolute Gasteiger partial charge is 0.291 e. The third-order valence-electron chi connectivity index (χ3n) is 5.13. The lowest BCUT2D eigenvalue weighted by atomic mass is 10.3. The van der Waals surface area contributed by atoms with Crippen LogP contribution in [0.15, 0.2) is 70.0 Å². The highest BCUT2D eigenvalue weighted by Gasteiger charge is 2.27. The topological polar surface area (TPSA) is 92.5 Å². The summed E-state index contributed by atoms with van der Waals surface area (Å²) in [4.78, 5) is 17.4. The number of hydrogen-bond donors (Lipinski definition) is 1. The number of para-hydroxylation sites is 1. The summed E-state index contributed by atoms with van der Waals surface area (Å²) in [6, 6.07) is 17.4. The molecule has 0 saturated carbocycles. The Kier molecular flexibility index (Phi) is 5.09. The van der Waals surface area contributed by atoms with Crippen LogP contribution >= 0.6 is 11.3 Å². The normalized spacial score (nSPS) is 14.8. The molecule has 2 aromatic carbocycles. The Morgan fingerprint density at radius 2 is 1.84 bits per heavy atom. The molecule has 1 saturated heterocycles. The second kappa shape index (κ2) is 7.92. The molecule has 9 heteroatoms. The van der Waals surface area contributed by atoms with Gasteiger partial charge in [0.25, 0.3) is 5.91 Å². The number of carbonyl (C=O) groups is 1. The summed E-state index contributed by atoms with van der Waals surface area (Å²) in [5, 5.41) is 3.41. The molecule has 1 aliphatic rings. The molecule has 158 valence electrons. The van der Waals surface area contributed by atoms with Crippen LogP contribution in [0, 0.1) is 0 Å². The molecular weight excluding hydrogens is 434 g/mol. The van der Waals surface area contributed by atoms with Crippen LogP contribution in [0.25, 0.3) is 21.0 Å². The van der Waals surface area contributed by atoms with Gasteiger partial charge in [0, 0.05) is 18.8 Å². The van der Waals surface area contributed by atoms with Gasteiger partial charge in [-0.05, 0) is 55.3 Å². The van der Waals surface area contributed by atoms with Crippen molar-refractivity contribution in [1.29, 1.82) is 0 Å². The monoisotopic (exact) mass is 453 g/mol. The van der Waals surface area contributed by atoms with Crippen LogP contribution in [0.1, 0.15) is 23.4 Å². The number of hydrogen-bond acceptors (Lipinski definition) is 6. The summed E-state index contributed by atoms with van der Waals surface area (Å²) in [6.45, 7) is 1.06. The Hall–Kier alpha value is -3.01. The molecular formula is C22H19N3O4S2. The molecule has 31 heavy (non-hydrogen) atoms. The number of carbonyl (C=O) groups excluding carboxylic acids is 1. The summed E-state index contributed by atoms with van der Waals surface area (Å²) < 4.78 is 33.8. The third kappa shape index (κ3) is 3.87. The van der Waals surface area contributed by atoms with Gasteiger partial charge in [-0.1, -0.05) is 18.2 Å². The van der Waals surface area contributed by atoms with Crippen LogP contribution in [0.5, 0.6) is 0 Å². The summed E-state index contributed by atoms with van der Waals surface area (Å²) >= 11 is 1.49. The first-order valence-corrected chi connectivity index (χ1v) is 12.1. The molecule has 0 unspecified atom stereocenters. The van der Waals surface area contributed by atoms with Crippen molar-refractivity contribution in [3.8, 4) is 10.8 Å². The molecule has 0 aliphatic carbocycles. The van der Waals surface area contributed by atoms with Gasteiger partial charge in [0.2, 0.25) is 10.0 Å². The lowest BCUT2D eigenvalue weighted by molar-refractivity contribution is 0.0997. The molecule has 1 amide bonds. The Labute approximate surface area is 183 Å². The quantitative estimate of drug-likeness (QED) is 0.477. The van der Waals surface area contributed by atoms with Crippen molar-refractivity contribution in [2.24, 2.45) is 0 Å². The van der Waals surface area contributed by atoms with Gasteiger partial charge in [-0.15, -0.1) is 11.3 Å². The number of rotatable bonds is 5. The largest absolute Gasteiger partial charge is 0.448 e. The first kappa shape index (κ1) is 19.9. The second-order valence-corrected chi connectivity index (χ2v) is 10.2. The fourth-order valence-electron chi connectivity index (χ4n) is 3.56. The first-order chi connectivity index (χ1) is 15.0. The van der Waals surface area contributed by atoms with Gasteiger partial charge < -0.3 is 9.73 Å². The van der Waals surface area contributed by atoms with Crippen molar-refractivity contribution >= 4 is 43.2 Å². The van der Waals surface area contributed by atoms with Crippen molar-refractivity contribution in [3.05, 3.63) is 66.4 Å². The van der Waals surface area contributed by atoms with E-state index in [1.165, 1.54) is 21.7 Å². The Bertz CT molecular complexity index is 1340. The van der Waals surface area contributed by atoms with E-state index in [2.05, 4.69) is 10.3 Å². The number of aromatic nitrogens is 1. The van der Waals surface area contributed by atoms with Crippen LogP contribution in [0.3, 0.4) is 0 Å². The van der Waals surface area contributed by atoms with Gasteiger partial charge in [0.15, 0.2) is 16.5 Å². The van der Waals surface area contributed by atoms with Crippen molar-refractivity contribution < 1.29 is 17.6 Å². The van der Waals surface area contributed by atoms with E-state index < -0.39 is 15.9 Å². The number of fused-ring (bicyclic) bond motifs is 1. The SMILES string of the molecule is O=C(Nc1cccc(S(=O)(=O)N2CCCC2)c1)c1ccc(-c2nc3ccccc3s2)o1. The lowest BCUT2D eigenvalue weighted by Crippen LogP contribution is -2.27. The Balaban J connectivity index is 1.35. The number of anilines is 1. The minimum Gasteiger partial charge on any atom is -0.448 e. The molecule has 0 atom stereocenters. The Morgan fingerprint density at radius 3 is 2.65 bits per heavy atom. The van der Waals surface area contributed by atoms with E-state index in [0.717, 1.165) is 23.1 Å². The van der Waals surface area contributed by atoms with Crippen molar-refractivity contribution in [1.82, 2.24) is 9.29 Å². The summed E-state index contributed by atoms with van der Waals surface area (Å²) in [5.74, 6) is 0.182. The molecule has 0 spiro atoms. The number of benzene rings is 2. The maximum absolute atomic E-state index is 12.8. The number of furan rings is 1. The highest BCUT2D eigenvalue weighted by molar-refractivity contribution is 7.89. The summed E-state index contributed by atoms with van der Waals surface area (Å²) in [5.41, 5.74) is 1.27. The van der Waals surface area contributed by atoms with Gasteiger partial charge in [-0.2, -0.15) is 4.31 Å². The second-order valence-electron chi connectivity index (χ2n) is 7.24. The number of nitrogens with zero attached hydrogens (tertiary/aromatic N) is 2. The van der Waals surface area contributed by atoms with E-state index >= 15 is 0 Å². The minimum atomic E-state index is -3.55. The van der Waals surface area contributed by atoms with E-state index in [-0.39, 0.29) is 10.7 Å².